The molecule has 0 aliphatic rings. The van der Waals surface area contributed by atoms with Crippen molar-refractivity contribution in [1.29, 1.82) is 5.26 Å². The first-order valence-electron chi connectivity index (χ1n) is 7.55. The van der Waals surface area contributed by atoms with Gasteiger partial charge in [-0.25, -0.2) is 13.2 Å². The van der Waals surface area contributed by atoms with E-state index in [0.717, 1.165) is 6.07 Å². The number of carbonyl (C=O) groups is 2. The van der Waals surface area contributed by atoms with Crippen LogP contribution in [-0.2, 0) is 4.79 Å². The summed E-state index contributed by atoms with van der Waals surface area (Å²) in [6.45, 7) is 1.35. The van der Waals surface area contributed by atoms with Crippen LogP contribution in [0, 0.1) is 28.8 Å². The van der Waals surface area contributed by atoms with Crippen molar-refractivity contribution in [2.75, 3.05) is 18.0 Å². The molecule has 0 unspecified atom stereocenters. The Labute approximate surface area is 147 Å². The molecule has 0 aliphatic heterocycles. The van der Waals surface area contributed by atoms with E-state index in [1.54, 1.807) is 24.3 Å². The van der Waals surface area contributed by atoms with E-state index < -0.39 is 28.9 Å². The van der Waals surface area contributed by atoms with Crippen LogP contribution >= 0.6 is 0 Å². The van der Waals surface area contributed by atoms with Gasteiger partial charge in [0.15, 0.2) is 17.5 Å². The molecule has 0 saturated heterocycles. The molecule has 0 aromatic heterocycles. The van der Waals surface area contributed by atoms with Crippen LogP contribution in [0.15, 0.2) is 36.4 Å². The maximum absolute atomic E-state index is 13.6. The van der Waals surface area contributed by atoms with Crippen molar-refractivity contribution in [3.05, 3.63) is 65.0 Å². The average Bonchev–Trinajstić information content (AvgIpc) is 2.63. The molecule has 5 nitrogen and oxygen atoms in total. The maximum atomic E-state index is 13.6. The summed E-state index contributed by atoms with van der Waals surface area (Å²) >= 11 is 0. The largest absolute Gasteiger partial charge is 0.350 e. The molecule has 26 heavy (non-hydrogen) atoms. The zero-order valence-corrected chi connectivity index (χ0v) is 13.7. The van der Waals surface area contributed by atoms with E-state index in [9.17, 15) is 22.8 Å². The number of anilines is 1. The van der Waals surface area contributed by atoms with Gasteiger partial charge in [-0.1, -0.05) is 0 Å². The van der Waals surface area contributed by atoms with Crippen LogP contribution in [0.3, 0.4) is 0 Å². The van der Waals surface area contributed by atoms with Crippen molar-refractivity contribution < 1.29 is 22.8 Å². The molecular weight excluding hydrogens is 347 g/mol. The second-order valence-corrected chi connectivity index (χ2v) is 5.31. The fourth-order valence-electron chi connectivity index (χ4n) is 2.26. The van der Waals surface area contributed by atoms with Crippen molar-refractivity contribution in [1.82, 2.24) is 5.32 Å². The summed E-state index contributed by atoms with van der Waals surface area (Å²) in [5.74, 6) is -5.91. The van der Waals surface area contributed by atoms with Gasteiger partial charge in [0.25, 0.3) is 5.91 Å². The molecule has 0 aliphatic carbocycles. The fraction of sp³-hybridized carbons (Fsp3) is 0.167. The average molecular weight is 361 g/mol. The number of hydrogen-bond donors (Lipinski definition) is 1. The van der Waals surface area contributed by atoms with Crippen LogP contribution < -0.4 is 10.2 Å². The van der Waals surface area contributed by atoms with E-state index in [1.807, 2.05) is 6.07 Å². The molecule has 0 heterocycles. The summed E-state index contributed by atoms with van der Waals surface area (Å²) < 4.78 is 39.7. The Morgan fingerprint density at radius 3 is 2.31 bits per heavy atom. The third-order valence-corrected chi connectivity index (χ3v) is 3.59. The lowest BCUT2D eigenvalue weighted by Crippen LogP contribution is -2.37. The molecule has 0 atom stereocenters. The lowest BCUT2D eigenvalue weighted by molar-refractivity contribution is -0.116. The van der Waals surface area contributed by atoms with Crippen LogP contribution in [0.4, 0.5) is 18.9 Å². The van der Waals surface area contributed by atoms with Gasteiger partial charge in [0, 0.05) is 25.7 Å². The standard InChI is InChI=1S/C18H14F3N3O2/c1-11(25)24(13-4-2-12(10-22)3-5-13)9-8-23-18(26)14-6-7-15(19)17(21)16(14)20/h2-7H,8-9H2,1H3,(H,23,26). The van der Waals surface area contributed by atoms with Gasteiger partial charge in [-0.15, -0.1) is 0 Å². The third-order valence-electron chi connectivity index (χ3n) is 3.59. The predicted octanol–water partition coefficient (Wildman–Crippen LogP) is 2.76. The number of nitrogens with one attached hydrogen (secondary N) is 1. The highest BCUT2D eigenvalue weighted by atomic mass is 19.2. The van der Waals surface area contributed by atoms with Crippen molar-refractivity contribution in [3.63, 3.8) is 0 Å². The SMILES string of the molecule is CC(=O)N(CCNC(=O)c1ccc(F)c(F)c1F)c1ccc(C#N)cc1. The molecule has 0 saturated carbocycles. The first-order valence-corrected chi connectivity index (χ1v) is 7.55. The lowest BCUT2D eigenvalue weighted by atomic mass is 10.2. The molecule has 2 aromatic rings. The Morgan fingerprint density at radius 2 is 1.73 bits per heavy atom. The Kier molecular flexibility index (Phi) is 5.96. The number of halogens is 3. The highest BCUT2D eigenvalue weighted by Crippen LogP contribution is 2.16. The Hall–Kier alpha value is -3.34. The Bertz CT molecular complexity index is 876. The molecule has 0 bridgehead atoms. The molecule has 0 spiro atoms. The van der Waals surface area contributed by atoms with E-state index >= 15 is 0 Å². The van der Waals surface area contributed by atoms with Crippen molar-refractivity contribution in [3.8, 4) is 6.07 Å². The van der Waals surface area contributed by atoms with Crippen molar-refractivity contribution >= 4 is 17.5 Å². The number of rotatable bonds is 5. The molecule has 134 valence electrons. The summed E-state index contributed by atoms with van der Waals surface area (Å²) in [6, 6.07) is 9.70. The van der Waals surface area contributed by atoms with Gasteiger partial charge in [-0.05, 0) is 36.4 Å². The number of benzene rings is 2. The summed E-state index contributed by atoms with van der Waals surface area (Å²) in [4.78, 5) is 25.0. The zero-order valence-electron chi connectivity index (χ0n) is 13.7. The van der Waals surface area contributed by atoms with E-state index in [2.05, 4.69) is 5.32 Å². The number of carbonyl (C=O) groups excluding carboxylic acids is 2. The third kappa shape index (κ3) is 4.19. The molecule has 8 heteroatoms. The quantitative estimate of drug-likeness (QED) is 0.833. The lowest BCUT2D eigenvalue weighted by Gasteiger charge is -2.21. The van der Waals surface area contributed by atoms with Gasteiger partial charge < -0.3 is 10.2 Å². The normalized spacial score (nSPS) is 10.1. The van der Waals surface area contributed by atoms with Gasteiger partial charge in [-0.2, -0.15) is 5.26 Å². The maximum Gasteiger partial charge on any atom is 0.254 e. The highest BCUT2D eigenvalue weighted by molar-refractivity contribution is 5.95. The summed E-state index contributed by atoms with van der Waals surface area (Å²) in [6.07, 6.45) is 0. The van der Waals surface area contributed by atoms with Gasteiger partial charge in [0.1, 0.15) is 0 Å². The summed E-state index contributed by atoms with van der Waals surface area (Å²) in [5.41, 5.74) is 0.320. The van der Waals surface area contributed by atoms with Gasteiger partial charge in [0.05, 0.1) is 17.2 Å². The fourth-order valence-corrected chi connectivity index (χ4v) is 2.26. The van der Waals surface area contributed by atoms with Crippen LogP contribution in [0.25, 0.3) is 0 Å². The summed E-state index contributed by atoms with van der Waals surface area (Å²) in [5, 5.41) is 11.1. The van der Waals surface area contributed by atoms with Crippen molar-refractivity contribution in [2.45, 2.75) is 6.92 Å². The second-order valence-electron chi connectivity index (χ2n) is 5.31. The minimum Gasteiger partial charge on any atom is -0.350 e. The van der Waals surface area contributed by atoms with E-state index in [4.69, 9.17) is 5.26 Å². The Morgan fingerprint density at radius 1 is 1.08 bits per heavy atom. The smallest absolute Gasteiger partial charge is 0.254 e. The first kappa shape index (κ1) is 19.0. The van der Waals surface area contributed by atoms with E-state index in [0.29, 0.717) is 17.3 Å². The van der Waals surface area contributed by atoms with Crippen molar-refractivity contribution in [2.24, 2.45) is 0 Å². The Balaban J connectivity index is 2.04. The number of nitrogens with zero attached hydrogens (tertiary/aromatic N) is 2. The molecule has 0 fully saturated rings. The topological polar surface area (TPSA) is 73.2 Å². The minimum atomic E-state index is -1.72. The van der Waals surface area contributed by atoms with E-state index in [-0.39, 0.29) is 19.0 Å². The van der Waals surface area contributed by atoms with E-state index in [1.165, 1.54) is 11.8 Å². The van der Waals surface area contributed by atoms with Crippen LogP contribution in [0.1, 0.15) is 22.8 Å². The molecule has 0 radical (unpaired) electrons. The summed E-state index contributed by atoms with van der Waals surface area (Å²) in [7, 11) is 0. The zero-order chi connectivity index (χ0) is 19.3. The monoisotopic (exact) mass is 361 g/mol. The molecule has 2 rings (SSSR count). The van der Waals surface area contributed by atoms with Gasteiger partial charge >= 0.3 is 0 Å². The first-order chi connectivity index (χ1) is 12.3. The van der Waals surface area contributed by atoms with Gasteiger partial charge in [-0.3, -0.25) is 9.59 Å². The number of nitriles is 1. The number of hydrogen-bond acceptors (Lipinski definition) is 3. The minimum absolute atomic E-state index is 0.0448. The van der Waals surface area contributed by atoms with Crippen LogP contribution in [-0.4, -0.2) is 24.9 Å². The molecular formula is C18H14F3N3O2. The molecule has 2 amide bonds. The predicted molar refractivity (Wildman–Crippen MR) is 87.8 cm³/mol. The van der Waals surface area contributed by atoms with Crippen LogP contribution in [0.5, 0.6) is 0 Å². The van der Waals surface area contributed by atoms with Gasteiger partial charge in [0.2, 0.25) is 5.91 Å². The highest BCUT2D eigenvalue weighted by Gasteiger charge is 2.19. The van der Waals surface area contributed by atoms with Crippen LogP contribution in [0.2, 0.25) is 0 Å². The molecule has 1 N–H and O–H groups in total. The molecule has 2 aromatic carbocycles. The second kappa shape index (κ2) is 8.16. The number of amides is 2.